The second-order valence-corrected chi connectivity index (χ2v) is 5.63. The van der Waals surface area contributed by atoms with Gasteiger partial charge in [0.05, 0.1) is 4.47 Å². The molecule has 5 nitrogen and oxygen atoms in total. The van der Waals surface area contributed by atoms with Crippen molar-refractivity contribution in [3.63, 3.8) is 0 Å². The second kappa shape index (κ2) is 4.85. The van der Waals surface area contributed by atoms with Gasteiger partial charge in [-0.25, -0.2) is 4.52 Å². The number of anilines is 1. The fraction of sp³-hybridized carbons (Fsp3) is 0.500. The lowest BCUT2D eigenvalue weighted by Crippen LogP contribution is -2.41. The van der Waals surface area contributed by atoms with Crippen molar-refractivity contribution in [3.05, 3.63) is 22.8 Å². The van der Waals surface area contributed by atoms with E-state index >= 15 is 0 Å². The summed E-state index contributed by atoms with van der Waals surface area (Å²) in [6, 6.07) is 4.93. The summed E-state index contributed by atoms with van der Waals surface area (Å²) in [6.07, 6.45) is 4.13. The number of nitrogens with one attached hydrogen (secondary N) is 2. The van der Waals surface area contributed by atoms with Crippen LogP contribution in [0.4, 0.5) is 5.95 Å². The molecule has 96 valence electrons. The van der Waals surface area contributed by atoms with Gasteiger partial charge in [0, 0.05) is 18.3 Å². The lowest BCUT2D eigenvalue weighted by atomic mass is 10.0. The van der Waals surface area contributed by atoms with Crippen LogP contribution in [0.25, 0.3) is 5.65 Å². The smallest absolute Gasteiger partial charge is 0.243 e. The maximum atomic E-state index is 4.50. The van der Waals surface area contributed by atoms with Crippen molar-refractivity contribution < 1.29 is 0 Å². The predicted octanol–water partition coefficient (Wildman–Crippen LogP) is 2.04. The van der Waals surface area contributed by atoms with E-state index < -0.39 is 0 Å². The van der Waals surface area contributed by atoms with E-state index in [0.717, 1.165) is 29.5 Å². The summed E-state index contributed by atoms with van der Waals surface area (Å²) < 4.78 is 2.75. The fourth-order valence-corrected chi connectivity index (χ4v) is 2.80. The lowest BCUT2D eigenvalue weighted by molar-refractivity contribution is 0.395. The van der Waals surface area contributed by atoms with E-state index in [-0.39, 0.29) is 0 Å². The molecule has 0 spiro atoms. The molecule has 1 fully saturated rings. The van der Waals surface area contributed by atoms with E-state index in [0.29, 0.717) is 18.0 Å². The Hall–Kier alpha value is -1.14. The molecule has 18 heavy (non-hydrogen) atoms. The Labute approximate surface area is 114 Å². The van der Waals surface area contributed by atoms with Crippen molar-refractivity contribution in [2.75, 3.05) is 11.9 Å². The first-order valence-electron chi connectivity index (χ1n) is 6.23. The molecule has 0 bridgehead atoms. The quantitative estimate of drug-likeness (QED) is 0.891. The van der Waals surface area contributed by atoms with Gasteiger partial charge in [0.1, 0.15) is 0 Å². The number of nitrogens with zero attached hydrogens (tertiary/aromatic N) is 3. The Bertz CT molecular complexity index is 552. The molecular formula is C12H16BrN5. The maximum Gasteiger partial charge on any atom is 0.243 e. The third-order valence-electron chi connectivity index (χ3n) is 3.27. The van der Waals surface area contributed by atoms with Gasteiger partial charge in [-0.1, -0.05) is 0 Å². The van der Waals surface area contributed by atoms with E-state index in [2.05, 4.69) is 43.6 Å². The van der Waals surface area contributed by atoms with E-state index in [1.165, 1.54) is 0 Å². The number of halogens is 1. The molecule has 3 rings (SSSR count). The number of pyridine rings is 1. The van der Waals surface area contributed by atoms with E-state index in [1.54, 1.807) is 4.52 Å². The van der Waals surface area contributed by atoms with Crippen LogP contribution in [0.15, 0.2) is 22.8 Å². The standard InChI is InChI=1S/C12H16BrN5/c1-8-7-9(4-5-14-8)15-12-16-11-10(13)3-2-6-18(11)17-12/h2-3,6,8-9,14H,4-5,7H2,1H3,(H,15,17). The number of rotatable bonds is 2. The Kier molecular flexibility index (Phi) is 3.22. The number of hydrogen-bond acceptors (Lipinski definition) is 4. The molecule has 1 aliphatic heterocycles. The van der Waals surface area contributed by atoms with Crippen LogP contribution in [0.3, 0.4) is 0 Å². The molecule has 3 heterocycles. The number of piperidine rings is 1. The van der Waals surface area contributed by atoms with Crippen LogP contribution in [-0.2, 0) is 0 Å². The molecule has 2 N–H and O–H groups in total. The normalized spacial score (nSPS) is 24.3. The molecule has 0 radical (unpaired) electrons. The van der Waals surface area contributed by atoms with Gasteiger partial charge in [0.15, 0.2) is 5.65 Å². The Morgan fingerprint density at radius 3 is 3.22 bits per heavy atom. The van der Waals surface area contributed by atoms with Crippen molar-refractivity contribution in [2.24, 2.45) is 0 Å². The van der Waals surface area contributed by atoms with Gasteiger partial charge in [0.25, 0.3) is 0 Å². The van der Waals surface area contributed by atoms with E-state index in [4.69, 9.17) is 0 Å². The first-order chi connectivity index (χ1) is 8.72. The van der Waals surface area contributed by atoms with Gasteiger partial charge < -0.3 is 10.6 Å². The highest BCUT2D eigenvalue weighted by Gasteiger charge is 2.19. The first-order valence-corrected chi connectivity index (χ1v) is 7.02. The van der Waals surface area contributed by atoms with Crippen LogP contribution in [-0.4, -0.2) is 33.2 Å². The van der Waals surface area contributed by atoms with Crippen LogP contribution in [0.1, 0.15) is 19.8 Å². The molecule has 0 aromatic carbocycles. The maximum absolute atomic E-state index is 4.50. The zero-order valence-corrected chi connectivity index (χ0v) is 11.8. The summed E-state index contributed by atoms with van der Waals surface area (Å²) in [5.41, 5.74) is 0.849. The highest BCUT2D eigenvalue weighted by molar-refractivity contribution is 9.10. The zero-order valence-electron chi connectivity index (χ0n) is 10.2. The minimum Gasteiger partial charge on any atom is -0.350 e. The Morgan fingerprint density at radius 1 is 1.56 bits per heavy atom. The first kappa shape index (κ1) is 11.9. The summed E-state index contributed by atoms with van der Waals surface area (Å²) in [4.78, 5) is 4.50. The molecule has 0 saturated carbocycles. The third-order valence-corrected chi connectivity index (χ3v) is 3.89. The van der Waals surface area contributed by atoms with Crippen LogP contribution in [0.5, 0.6) is 0 Å². The zero-order chi connectivity index (χ0) is 12.5. The second-order valence-electron chi connectivity index (χ2n) is 4.78. The van der Waals surface area contributed by atoms with Gasteiger partial charge in [-0.2, -0.15) is 4.98 Å². The number of aromatic nitrogens is 3. The molecule has 2 aromatic rings. The molecule has 2 atom stereocenters. The Morgan fingerprint density at radius 2 is 2.44 bits per heavy atom. The average Bonchev–Trinajstić information content (AvgIpc) is 2.73. The van der Waals surface area contributed by atoms with Crippen LogP contribution in [0, 0.1) is 0 Å². The monoisotopic (exact) mass is 309 g/mol. The van der Waals surface area contributed by atoms with Gasteiger partial charge in [0.2, 0.25) is 5.95 Å². The van der Waals surface area contributed by atoms with Crippen LogP contribution in [0.2, 0.25) is 0 Å². The van der Waals surface area contributed by atoms with Gasteiger partial charge in [-0.05, 0) is 54.4 Å². The molecular weight excluding hydrogens is 294 g/mol. The lowest BCUT2D eigenvalue weighted by Gasteiger charge is -2.28. The highest BCUT2D eigenvalue weighted by Crippen LogP contribution is 2.18. The van der Waals surface area contributed by atoms with E-state index in [9.17, 15) is 0 Å². The van der Waals surface area contributed by atoms with Crippen LogP contribution < -0.4 is 10.6 Å². The van der Waals surface area contributed by atoms with E-state index in [1.807, 2.05) is 18.3 Å². The van der Waals surface area contributed by atoms with Crippen LogP contribution >= 0.6 is 15.9 Å². The largest absolute Gasteiger partial charge is 0.350 e. The van der Waals surface area contributed by atoms with Crippen molar-refractivity contribution in [3.8, 4) is 0 Å². The Balaban J connectivity index is 1.80. The molecule has 1 saturated heterocycles. The van der Waals surface area contributed by atoms with Crippen molar-refractivity contribution in [2.45, 2.75) is 31.8 Å². The topological polar surface area (TPSA) is 54.2 Å². The average molecular weight is 310 g/mol. The summed E-state index contributed by atoms with van der Waals surface area (Å²) >= 11 is 3.48. The van der Waals surface area contributed by atoms with Gasteiger partial charge in [-0.3, -0.25) is 0 Å². The summed E-state index contributed by atoms with van der Waals surface area (Å²) in [7, 11) is 0. The highest BCUT2D eigenvalue weighted by atomic mass is 79.9. The minimum absolute atomic E-state index is 0.456. The summed E-state index contributed by atoms with van der Waals surface area (Å²) in [5.74, 6) is 0.709. The molecule has 2 unspecified atom stereocenters. The molecule has 1 aliphatic rings. The number of hydrogen-bond donors (Lipinski definition) is 2. The van der Waals surface area contributed by atoms with Crippen molar-refractivity contribution in [1.82, 2.24) is 19.9 Å². The fourth-order valence-electron chi connectivity index (χ4n) is 2.38. The summed E-state index contributed by atoms with van der Waals surface area (Å²) in [6.45, 7) is 3.26. The van der Waals surface area contributed by atoms with Gasteiger partial charge >= 0.3 is 0 Å². The number of fused-ring (bicyclic) bond motifs is 1. The molecule has 2 aromatic heterocycles. The van der Waals surface area contributed by atoms with Crippen molar-refractivity contribution >= 4 is 27.5 Å². The van der Waals surface area contributed by atoms with Crippen molar-refractivity contribution in [1.29, 1.82) is 0 Å². The van der Waals surface area contributed by atoms with Gasteiger partial charge in [-0.15, -0.1) is 5.10 Å². The third kappa shape index (κ3) is 2.35. The predicted molar refractivity (Wildman–Crippen MR) is 74.8 cm³/mol. The molecule has 0 amide bonds. The minimum atomic E-state index is 0.456. The molecule has 0 aliphatic carbocycles. The SMILES string of the molecule is CC1CC(Nc2nc3c(Br)cccn3n2)CCN1. The summed E-state index contributed by atoms with van der Waals surface area (Å²) in [5, 5.41) is 11.3. The molecule has 6 heteroatoms.